The van der Waals surface area contributed by atoms with E-state index in [9.17, 15) is 4.79 Å². The zero-order valence-electron chi connectivity index (χ0n) is 10.3. The van der Waals surface area contributed by atoms with E-state index in [0.29, 0.717) is 10.9 Å². The van der Waals surface area contributed by atoms with E-state index < -0.39 is 0 Å². The third kappa shape index (κ3) is 4.13. The number of benzene rings is 1. The molecule has 0 aliphatic heterocycles. The summed E-state index contributed by atoms with van der Waals surface area (Å²) in [6.07, 6.45) is 3.76. The van der Waals surface area contributed by atoms with Gasteiger partial charge in [-0.05, 0) is 18.1 Å². The number of hydrogen-bond acceptors (Lipinski definition) is 3. The largest absolute Gasteiger partial charge is 0.348 e. The van der Waals surface area contributed by atoms with Crippen molar-refractivity contribution < 1.29 is 4.79 Å². The highest BCUT2D eigenvalue weighted by Crippen LogP contribution is 2.06. The van der Waals surface area contributed by atoms with Crippen molar-refractivity contribution in [2.24, 2.45) is 0 Å². The summed E-state index contributed by atoms with van der Waals surface area (Å²) in [4.78, 5) is 12.0. The molecule has 1 aromatic heterocycles. The molecular weight excluding hydrogens is 306 g/mol. The molecule has 0 radical (unpaired) electrons. The topological polar surface area (TPSA) is 54.9 Å². The molecule has 2 rings (SSSR count). The predicted octanol–water partition coefficient (Wildman–Crippen LogP) is 2.21. The highest BCUT2D eigenvalue weighted by Gasteiger charge is 2.13. The standard InChI is InChI=1S/C14H14BrN3O/c15-9-13(8-11-4-2-1-3-5-11)18-14(19)12-6-7-16-17-10-12/h1-7,10,13H,8-9H2,(H,18,19). The third-order valence-corrected chi connectivity index (χ3v) is 3.47. The molecule has 0 fully saturated rings. The Morgan fingerprint density at radius 1 is 1.21 bits per heavy atom. The maximum atomic E-state index is 12.0. The normalized spacial score (nSPS) is 11.8. The molecule has 1 unspecified atom stereocenters. The van der Waals surface area contributed by atoms with Crippen LogP contribution in [0.2, 0.25) is 0 Å². The minimum absolute atomic E-state index is 0.0445. The maximum Gasteiger partial charge on any atom is 0.253 e. The fourth-order valence-corrected chi connectivity index (χ4v) is 2.13. The maximum absolute atomic E-state index is 12.0. The lowest BCUT2D eigenvalue weighted by Gasteiger charge is -2.16. The van der Waals surface area contributed by atoms with Crippen LogP contribution < -0.4 is 5.32 Å². The van der Waals surface area contributed by atoms with Crippen LogP contribution >= 0.6 is 15.9 Å². The number of alkyl halides is 1. The van der Waals surface area contributed by atoms with Crippen molar-refractivity contribution in [2.45, 2.75) is 12.5 Å². The summed E-state index contributed by atoms with van der Waals surface area (Å²) in [6.45, 7) is 0. The van der Waals surface area contributed by atoms with Crippen LogP contribution in [-0.4, -0.2) is 27.5 Å². The number of hydrogen-bond donors (Lipinski definition) is 1. The highest BCUT2D eigenvalue weighted by atomic mass is 79.9. The monoisotopic (exact) mass is 319 g/mol. The minimum atomic E-state index is -0.129. The summed E-state index contributed by atoms with van der Waals surface area (Å²) < 4.78 is 0. The Morgan fingerprint density at radius 3 is 2.63 bits per heavy atom. The van der Waals surface area contributed by atoms with Gasteiger partial charge in [-0.3, -0.25) is 4.79 Å². The Bertz CT molecular complexity index is 519. The number of carbonyl (C=O) groups is 1. The van der Waals surface area contributed by atoms with Crippen molar-refractivity contribution in [2.75, 3.05) is 5.33 Å². The van der Waals surface area contributed by atoms with Gasteiger partial charge < -0.3 is 5.32 Å². The Morgan fingerprint density at radius 2 is 2.00 bits per heavy atom. The second-order valence-corrected chi connectivity index (χ2v) is 4.79. The van der Waals surface area contributed by atoms with E-state index >= 15 is 0 Å². The molecule has 1 N–H and O–H groups in total. The van der Waals surface area contributed by atoms with Crippen LogP contribution in [0.5, 0.6) is 0 Å². The van der Waals surface area contributed by atoms with Crippen molar-refractivity contribution in [3.05, 3.63) is 59.9 Å². The number of rotatable bonds is 5. The Labute approximate surface area is 120 Å². The molecule has 0 aliphatic carbocycles. The lowest BCUT2D eigenvalue weighted by molar-refractivity contribution is 0.0940. The van der Waals surface area contributed by atoms with Gasteiger partial charge in [-0.25, -0.2) is 0 Å². The Hall–Kier alpha value is -1.75. The molecule has 0 saturated carbocycles. The van der Waals surface area contributed by atoms with Crippen LogP contribution in [0, 0.1) is 0 Å². The van der Waals surface area contributed by atoms with Crippen molar-refractivity contribution >= 4 is 21.8 Å². The fourth-order valence-electron chi connectivity index (χ4n) is 1.74. The van der Waals surface area contributed by atoms with Crippen LogP contribution in [0.1, 0.15) is 15.9 Å². The van der Waals surface area contributed by atoms with Crippen LogP contribution in [0.25, 0.3) is 0 Å². The van der Waals surface area contributed by atoms with Gasteiger partial charge >= 0.3 is 0 Å². The predicted molar refractivity (Wildman–Crippen MR) is 77.2 cm³/mol. The molecule has 1 aromatic carbocycles. The van der Waals surface area contributed by atoms with Crippen molar-refractivity contribution in [3.63, 3.8) is 0 Å². The van der Waals surface area contributed by atoms with E-state index in [1.54, 1.807) is 6.07 Å². The van der Waals surface area contributed by atoms with Gasteiger partial charge in [0.15, 0.2) is 0 Å². The summed E-state index contributed by atoms with van der Waals surface area (Å²) in [7, 11) is 0. The first-order chi connectivity index (χ1) is 9.29. The molecule has 98 valence electrons. The minimum Gasteiger partial charge on any atom is -0.348 e. The lowest BCUT2D eigenvalue weighted by atomic mass is 10.1. The van der Waals surface area contributed by atoms with Gasteiger partial charge in [0.1, 0.15) is 0 Å². The van der Waals surface area contributed by atoms with Gasteiger partial charge in [0.05, 0.1) is 18.0 Å². The molecule has 1 amide bonds. The molecule has 0 aliphatic rings. The molecule has 19 heavy (non-hydrogen) atoms. The molecule has 0 saturated heterocycles. The molecule has 0 spiro atoms. The zero-order chi connectivity index (χ0) is 13.5. The molecule has 2 aromatic rings. The zero-order valence-corrected chi connectivity index (χ0v) is 11.9. The van der Waals surface area contributed by atoms with E-state index in [-0.39, 0.29) is 11.9 Å². The van der Waals surface area contributed by atoms with E-state index in [0.717, 1.165) is 6.42 Å². The average molecular weight is 320 g/mol. The average Bonchev–Trinajstić information content (AvgIpc) is 2.48. The van der Waals surface area contributed by atoms with Gasteiger partial charge in [-0.2, -0.15) is 10.2 Å². The Balaban J connectivity index is 1.98. The molecule has 1 heterocycles. The summed E-state index contributed by atoms with van der Waals surface area (Å²) in [5, 5.41) is 11.0. The first-order valence-corrected chi connectivity index (χ1v) is 7.09. The van der Waals surface area contributed by atoms with Crippen LogP contribution in [0.4, 0.5) is 0 Å². The van der Waals surface area contributed by atoms with E-state index in [1.807, 2.05) is 18.2 Å². The second-order valence-electron chi connectivity index (χ2n) is 4.15. The van der Waals surface area contributed by atoms with Gasteiger partial charge in [-0.15, -0.1) is 0 Å². The second kappa shape index (κ2) is 6.99. The molecule has 0 bridgehead atoms. The third-order valence-electron chi connectivity index (χ3n) is 2.69. The summed E-state index contributed by atoms with van der Waals surface area (Å²) >= 11 is 3.43. The molecule has 4 nitrogen and oxygen atoms in total. The van der Waals surface area contributed by atoms with Gasteiger partial charge in [0.25, 0.3) is 5.91 Å². The van der Waals surface area contributed by atoms with Crippen molar-refractivity contribution in [1.82, 2.24) is 15.5 Å². The number of amides is 1. The van der Waals surface area contributed by atoms with Gasteiger partial charge in [-0.1, -0.05) is 46.3 Å². The quantitative estimate of drug-likeness (QED) is 0.860. The van der Waals surface area contributed by atoms with Crippen molar-refractivity contribution in [3.8, 4) is 0 Å². The number of halogens is 1. The number of aromatic nitrogens is 2. The van der Waals surface area contributed by atoms with Crippen LogP contribution in [-0.2, 0) is 6.42 Å². The molecular formula is C14H14BrN3O. The van der Waals surface area contributed by atoms with Crippen molar-refractivity contribution in [1.29, 1.82) is 0 Å². The first-order valence-electron chi connectivity index (χ1n) is 5.97. The van der Waals surface area contributed by atoms with Crippen LogP contribution in [0.3, 0.4) is 0 Å². The van der Waals surface area contributed by atoms with Gasteiger partial charge in [0, 0.05) is 11.4 Å². The molecule has 5 heteroatoms. The van der Waals surface area contributed by atoms with E-state index in [4.69, 9.17) is 0 Å². The van der Waals surface area contributed by atoms with Gasteiger partial charge in [0.2, 0.25) is 0 Å². The SMILES string of the molecule is O=C(NC(CBr)Cc1ccccc1)c1ccnnc1. The molecule has 1 atom stereocenters. The Kier molecular flexibility index (Phi) is 5.03. The lowest BCUT2D eigenvalue weighted by Crippen LogP contribution is -2.37. The van der Waals surface area contributed by atoms with E-state index in [1.165, 1.54) is 18.0 Å². The fraction of sp³-hybridized carbons (Fsp3) is 0.214. The highest BCUT2D eigenvalue weighted by molar-refractivity contribution is 9.09. The smallest absolute Gasteiger partial charge is 0.253 e. The van der Waals surface area contributed by atoms with Crippen LogP contribution in [0.15, 0.2) is 48.8 Å². The van der Waals surface area contributed by atoms with E-state index in [2.05, 4.69) is 43.6 Å². The number of nitrogens with zero attached hydrogens (tertiary/aromatic N) is 2. The summed E-state index contributed by atoms with van der Waals surface area (Å²) in [5.41, 5.74) is 1.72. The first kappa shape index (κ1) is 13.7. The summed E-state index contributed by atoms with van der Waals surface area (Å²) in [6, 6.07) is 11.8. The number of carbonyl (C=O) groups excluding carboxylic acids is 1. The number of nitrogens with one attached hydrogen (secondary N) is 1. The summed E-state index contributed by atoms with van der Waals surface area (Å²) in [5.74, 6) is -0.129.